The van der Waals surface area contributed by atoms with E-state index in [0.717, 1.165) is 36.5 Å². The molecular weight excluding hydrogens is 326 g/mol. The van der Waals surface area contributed by atoms with Crippen LogP contribution in [0.15, 0.2) is 42.6 Å². The fourth-order valence-corrected chi connectivity index (χ4v) is 3.18. The minimum atomic E-state index is -0.203. The molecule has 1 aliphatic heterocycles. The van der Waals surface area contributed by atoms with Gasteiger partial charge in [0.1, 0.15) is 11.6 Å². The summed E-state index contributed by atoms with van der Waals surface area (Å²) in [5, 5.41) is 2.80. The first kappa shape index (κ1) is 18.2. The van der Waals surface area contributed by atoms with Crippen molar-refractivity contribution < 1.29 is 9.53 Å². The molecule has 138 valence electrons. The maximum atomic E-state index is 12.2. The number of hydrogen-bond donors (Lipinski definition) is 1. The van der Waals surface area contributed by atoms with Gasteiger partial charge < -0.3 is 15.0 Å². The standard InChI is InChI=1S/C21H27N3O2/c1-3-16(2)18-8-4-5-9-19(18)26-15-21(25)23-20-11-10-17(14-22-20)24-12-6-7-13-24/h4-5,8-11,14,16H,3,6-7,12-13,15H2,1-2H3,(H,22,23,25). The molecule has 2 aromatic rings. The van der Waals surface area contributed by atoms with Gasteiger partial charge in [-0.15, -0.1) is 0 Å². The topological polar surface area (TPSA) is 54.5 Å². The van der Waals surface area contributed by atoms with Crippen molar-refractivity contribution in [1.82, 2.24) is 4.98 Å². The van der Waals surface area contributed by atoms with Crippen LogP contribution in [0.1, 0.15) is 44.6 Å². The SMILES string of the molecule is CCC(C)c1ccccc1OCC(=O)Nc1ccc(N2CCCC2)cn1. The predicted molar refractivity (Wildman–Crippen MR) is 105 cm³/mol. The zero-order chi connectivity index (χ0) is 18.4. The lowest BCUT2D eigenvalue weighted by atomic mass is 9.98. The number of ether oxygens (including phenoxy) is 1. The number of hydrogen-bond acceptors (Lipinski definition) is 4. The summed E-state index contributed by atoms with van der Waals surface area (Å²) in [7, 11) is 0. The van der Waals surface area contributed by atoms with Crippen molar-refractivity contribution in [3.8, 4) is 5.75 Å². The monoisotopic (exact) mass is 353 g/mol. The fraction of sp³-hybridized carbons (Fsp3) is 0.429. The first-order valence-corrected chi connectivity index (χ1v) is 9.40. The van der Waals surface area contributed by atoms with Gasteiger partial charge in [-0.3, -0.25) is 4.79 Å². The molecule has 1 aromatic heterocycles. The molecule has 5 nitrogen and oxygen atoms in total. The van der Waals surface area contributed by atoms with Crippen LogP contribution in [0, 0.1) is 0 Å². The third-order valence-corrected chi connectivity index (χ3v) is 4.91. The second kappa shape index (κ2) is 8.70. The minimum absolute atomic E-state index is 0.0248. The zero-order valence-electron chi connectivity index (χ0n) is 15.6. The fourth-order valence-electron chi connectivity index (χ4n) is 3.18. The number of pyridine rings is 1. The highest BCUT2D eigenvalue weighted by Crippen LogP contribution is 2.28. The molecule has 1 unspecified atom stereocenters. The summed E-state index contributed by atoms with van der Waals surface area (Å²) in [6, 6.07) is 11.8. The zero-order valence-corrected chi connectivity index (χ0v) is 15.6. The Labute approximate surface area is 155 Å². The third kappa shape index (κ3) is 4.54. The number of nitrogens with zero attached hydrogens (tertiary/aromatic N) is 2. The van der Waals surface area contributed by atoms with Gasteiger partial charge in [0, 0.05) is 13.1 Å². The van der Waals surface area contributed by atoms with Crippen molar-refractivity contribution in [2.24, 2.45) is 0 Å². The highest BCUT2D eigenvalue weighted by atomic mass is 16.5. The summed E-state index contributed by atoms with van der Waals surface area (Å²) < 4.78 is 5.75. The Kier molecular flexibility index (Phi) is 6.10. The molecule has 3 rings (SSSR count). The lowest BCUT2D eigenvalue weighted by Crippen LogP contribution is -2.22. The Hall–Kier alpha value is -2.56. The van der Waals surface area contributed by atoms with Crippen LogP contribution in [-0.2, 0) is 4.79 Å². The van der Waals surface area contributed by atoms with Gasteiger partial charge in [-0.1, -0.05) is 32.0 Å². The molecule has 1 amide bonds. The molecule has 1 atom stereocenters. The predicted octanol–water partition coefficient (Wildman–Crippen LogP) is 4.21. The van der Waals surface area contributed by atoms with E-state index in [-0.39, 0.29) is 12.5 Å². The van der Waals surface area contributed by atoms with Crippen LogP contribution >= 0.6 is 0 Å². The van der Waals surface area contributed by atoms with Crippen LogP contribution < -0.4 is 15.0 Å². The smallest absolute Gasteiger partial charge is 0.263 e. The van der Waals surface area contributed by atoms with E-state index < -0.39 is 0 Å². The Balaban J connectivity index is 1.54. The van der Waals surface area contributed by atoms with E-state index in [1.54, 1.807) is 0 Å². The van der Waals surface area contributed by atoms with E-state index in [9.17, 15) is 4.79 Å². The Bertz CT molecular complexity index is 724. The average molecular weight is 353 g/mol. The Morgan fingerprint density at radius 2 is 2.00 bits per heavy atom. The molecule has 2 heterocycles. The largest absolute Gasteiger partial charge is 0.483 e. The number of carbonyl (C=O) groups excluding carboxylic acids is 1. The molecule has 1 saturated heterocycles. The molecule has 0 saturated carbocycles. The van der Waals surface area contributed by atoms with Gasteiger partial charge in [0.2, 0.25) is 0 Å². The maximum Gasteiger partial charge on any atom is 0.263 e. The molecule has 1 fully saturated rings. The molecule has 1 N–H and O–H groups in total. The molecule has 1 aromatic carbocycles. The summed E-state index contributed by atoms with van der Waals surface area (Å²) in [5.74, 6) is 1.52. The number of anilines is 2. The van der Waals surface area contributed by atoms with Crippen LogP contribution in [-0.4, -0.2) is 30.6 Å². The first-order valence-electron chi connectivity index (χ1n) is 9.40. The van der Waals surface area contributed by atoms with E-state index in [2.05, 4.69) is 35.1 Å². The highest BCUT2D eigenvalue weighted by Gasteiger charge is 2.14. The maximum absolute atomic E-state index is 12.2. The summed E-state index contributed by atoms with van der Waals surface area (Å²) in [4.78, 5) is 18.9. The number of benzene rings is 1. The summed E-state index contributed by atoms with van der Waals surface area (Å²) in [6.07, 6.45) is 5.31. The quantitative estimate of drug-likeness (QED) is 0.810. The first-order chi connectivity index (χ1) is 12.7. The van der Waals surface area contributed by atoms with Gasteiger partial charge in [-0.25, -0.2) is 4.98 Å². The Morgan fingerprint density at radius 1 is 1.23 bits per heavy atom. The lowest BCUT2D eigenvalue weighted by Gasteiger charge is -2.17. The number of carbonyl (C=O) groups is 1. The number of nitrogens with one attached hydrogen (secondary N) is 1. The molecule has 0 spiro atoms. The van der Waals surface area contributed by atoms with E-state index in [4.69, 9.17) is 4.74 Å². The number of aromatic nitrogens is 1. The van der Waals surface area contributed by atoms with Crippen molar-refractivity contribution >= 4 is 17.4 Å². The summed E-state index contributed by atoms with van der Waals surface area (Å²) in [5.41, 5.74) is 2.25. The van der Waals surface area contributed by atoms with Crippen molar-refractivity contribution in [2.45, 2.75) is 39.0 Å². The molecule has 1 aliphatic rings. The van der Waals surface area contributed by atoms with E-state index in [1.807, 2.05) is 36.5 Å². The van der Waals surface area contributed by atoms with Crippen LogP contribution in [0.25, 0.3) is 0 Å². The molecular formula is C21H27N3O2. The second-order valence-electron chi connectivity index (χ2n) is 6.78. The summed E-state index contributed by atoms with van der Waals surface area (Å²) in [6.45, 7) is 6.44. The molecule has 0 aliphatic carbocycles. The van der Waals surface area contributed by atoms with Crippen molar-refractivity contribution in [3.63, 3.8) is 0 Å². The van der Waals surface area contributed by atoms with Crippen molar-refractivity contribution in [1.29, 1.82) is 0 Å². The highest BCUT2D eigenvalue weighted by molar-refractivity contribution is 5.91. The third-order valence-electron chi connectivity index (χ3n) is 4.91. The van der Waals surface area contributed by atoms with Crippen molar-refractivity contribution in [2.75, 3.05) is 29.9 Å². The molecule has 0 bridgehead atoms. The second-order valence-corrected chi connectivity index (χ2v) is 6.78. The van der Waals surface area contributed by atoms with E-state index in [0.29, 0.717) is 11.7 Å². The van der Waals surface area contributed by atoms with E-state index in [1.165, 1.54) is 12.8 Å². The van der Waals surface area contributed by atoms with Crippen LogP contribution in [0.2, 0.25) is 0 Å². The molecule has 5 heteroatoms. The molecule has 26 heavy (non-hydrogen) atoms. The van der Waals surface area contributed by atoms with Gasteiger partial charge in [0.15, 0.2) is 6.61 Å². The van der Waals surface area contributed by atoms with Gasteiger partial charge in [-0.2, -0.15) is 0 Å². The normalized spacial score (nSPS) is 14.9. The van der Waals surface area contributed by atoms with Gasteiger partial charge in [0.05, 0.1) is 11.9 Å². The van der Waals surface area contributed by atoms with Gasteiger partial charge >= 0.3 is 0 Å². The number of rotatable bonds is 7. The van der Waals surface area contributed by atoms with Gasteiger partial charge in [-0.05, 0) is 48.9 Å². The van der Waals surface area contributed by atoms with Crippen LogP contribution in [0.5, 0.6) is 5.75 Å². The van der Waals surface area contributed by atoms with Crippen molar-refractivity contribution in [3.05, 3.63) is 48.2 Å². The lowest BCUT2D eigenvalue weighted by molar-refractivity contribution is -0.118. The van der Waals surface area contributed by atoms with Crippen LogP contribution in [0.3, 0.4) is 0 Å². The number of para-hydroxylation sites is 1. The summed E-state index contributed by atoms with van der Waals surface area (Å²) >= 11 is 0. The minimum Gasteiger partial charge on any atom is -0.483 e. The molecule has 0 radical (unpaired) electrons. The average Bonchev–Trinajstić information content (AvgIpc) is 3.21. The van der Waals surface area contributed by atoms with Crippen LogP contribution in [0.4, 0.5) is 11.5 Å². The Morgan fingerprint density at radius 3 is 2.69 bits per heavy atom. The van der Waals surface area contributed by atoms with Gasteiger partial charge in [0.25, 0.3) is 5.91 Å². The van der Waals surface area contributed by atoms with E-state index >= 15 is 0 Å². The number of amides is 1.